The van der Waals surface area contributed by atoms with Crippen molar-refractivity contribution in [1.82, 2.24) is 10.6 Å². The number of benzene rings is 2. The van der Waals surface area contributed by atoms with Crippen molar-refractivity contribution in [1.29, 1.82) is 0 Å². The van der Waals surface area contributed by atoms with E-state index in [1.54, 1.807) is 7.11 Å². The third-order valence-corrected chi connectivity index (χ3v) is 4.09. The van der Waals surface area contributed by atoms with Gasteiger partial charge in [-0.15, -0.1) is 0 Å². The number of urea groups is 1. The number of rotatable bonds is 7. The molecule has 0 aliphatic heterocycles. The second-order valence-electron chi connectivity index (χ2n) is 5.82. The first kappa shape index (κ1) is 17.9. The summed E-state index contributed by atoms with van der Waals surface area (Å²) in [6.07, 6.45) is 1.81. The lowest BCUT2D eigenvalue weighted by molar-refractivity contribution is 0.238. The molecule has 0 fully saturated rings. The SMILES string of the molecule is CCc1ccc(C(C)NC(=O)NCCc2ccc(OC)cc2)cc1. The first-order chi connectivity index (χ1) is 11.6. The van der Waals surface area contributed by atoms with Crippen LogP contribution < -0.4 is 15.4 Å². The van der Waals surface area contributed by atoms with E-state index < -0.39 is 0 Å². The average Bonchev–Trinajstić information content (AvgIpc) is 2.62. The molecule has 2 aromatic rings. The van der Waals surface area contributed by atoms with E-state index in [9.17, 15) is 4.79 Å². The molecule has 1 atom stereocenters. The lowest BCUT2D eigenvalue weighted by Crippen LogP contribution is -2.38. The van der Waals surface area contributed by atoms with Crippen molar-refractivity contribution >= 4 is 6.03 Å². The fourth-order valence-corrected chi connectivity index (χ4v) is 2.49. The van der Waals surface area contributed by atoms with Gasteiger partial charge in [0, 0.05) is 6.54 Å². The molecule has 1 unspecified atom stereocenters. The highest BCUT2D eigenvalue weighted by molar-refractivity contribution is 5.74. The zero-order chi connectivity index (χ0) is 17.4. The highest BCUT2D eigenvalue weighted by Crippen LogP contribution is 2.14. The molecule has 2 rings (SSSR count). The molecule has 0 spiro atoms. The van der Waals surface area contributed by atoms with Gasteiger partial charge in [-0.3, -0.25) is 0 Å². The van der Waals surface area contributed by atoms with Gasteiger partial charge in [0.15, 0.2) is 0 Å². The summed E-state index contributed by atoms with van der Waals surface area (Å²) in [6.45, 7) is 4.72. The topological polar surface area (TPSA) is 50.4 Å². The van der Waals surface area contributed by atoms with Gasteiger partial charge in [0.1, 0.15) is 5.75 Å². The lowest BCUT2D eigenvalue weighted by atomic mass is 10.1. The maximum atomic E-state index is 12.0. The number of carbonyl (C=O) groups excluding carboxylic acids is 1. The van der Waals surface area contributed by atoms with Gasteiger partial charge >= 0.3 is 6.03 Å². The van der Waals surface area contributed by atoms with Gasteiger partial charge in [0.05, 0.1) is 13.2 Å². The number of hydrogen-bond donors (Lipinski definition) is 2. The molecule has 2 aromatic carbocycles. The van der Waals surface area contributed by atoms with E-state index in [2.05, 4.69) is 41.8 Å². The quantitative estimate of drug-likeness (QED) is 0.812. The minimum Gasteiger partial charge on any atom is -0.497 e. The van der Waals surface area contributed by atoms with E-state index in [1.165, 1.54) is 11.1 Å². The third-order valence-electron chi connectivity index (χ3n) is 4.09. The molecule has 0 aliphatic carbocycles. The van der Waals surface area contributed by atoms with Crippen LogP contribution in [-0.4, -0.2) is 19.7 Å². The molecule has 0 saturated heterocycles. The summed E-state index contributed by atoms with van der Waals surface area (Å²) < 4.78 is 5.13. The van der Waals surface area contributed by atoms with Crippen molar-refractivity contribution in [2.24, 2.45) is 0 Å². The molecule has 0 heterocycles. The van der Waals surface area contributed by atoms with Crippen molar-refractivity contribution in [2.45, 2.75) is 32.7 Å². The molecule has 2 amide bonds. The molecule has 128 valence electrons. The van der Waals surface area contributed by atoms with Gasteiger partial charge in [0.25, 0.3) is 0 Å². The van der Waals surface area contributed by atoms with Gasteiger partial charge in [-0.1, -0.05) is 43.3 Å². The zero-order valence-corrected chi connectivity index (χ0v) is 14.6. The Balaban J connectivity index is 1.75. The standard InChI is InChI=1S/C20H26N2O2/c1-4-16-5-9-18(10-6-16)15(2)22-20(23)21-14-13-17-7-11-19(24-3)12-8-17/h5-12,15H,4,13-14H2,1-3H3,(H2,21,22,23). The lowest BCUT2D eigenvalue weighted by Gasteiger charge is -2.15. The van der Waals surface area contributed by atoms with Crippen LogP contribution in [0, 0.1) is 0 Å². The monoisotopic (exact) mass is 326 g/mol. The Bertz CT molecular complexity index is 636. The Morgan fingerprint density at radius 1 is 1.04 bits per heavy atom. The smallest absolute Gasteiger partial charge is 0.315 e. The molecule has 0 radical (unpaired) electrons. The summed E-state index contributed by atoms with van der Waals surface area (Å²) >= 11 is 0. The molecule has 2 N–H and O–H groups in total. The largest absolute Gasteiger partial charge is 0.497 e. The minimum absolute atomic E-state index is 0.0168. The number of hydrogen-bond acceptors (Lipinski definition) is 2. The zero-order valence-electron chi connectivity index (χ0n) is 14.6. The van der Waals surface area contributed by atoms with Crippen LogP contribution in [0.5, 0.6) is 5.75 Å². The summed E-state index contributed by atoms with van der Waals surface area (Å²) in [5.41, 5.74) is 3.58. The van der Waals surface area contributed by atoms with Crippen molar-refractivity contribution < 1.29 is 9.53 Å². The normalized spacial score (nSPS) is 11.6. The molecule has 0 bridgehead atoms. The Labute approximate surface area is 144 Å². The van der Waals surface area contributed by atoms with E-state index in [1.807, 2.05) is 31.2 Å². The van der Waals surface area contributed by atoms with Gasteiger partial charge < -0.3 is 15.4 Å². The second-order valence-corrected chi connectivity index (χ2v) is 5.82. The number of aryl methyl sites for hydroxylation is 1. The summed E-state index contributed by atoms with van der Waals surface area (Å²) in [5.74, 6) is 0.840. The predicted octanol–water partition coefficient (Wildman–Crippen LogP) is 3.86. The van der Waals surface area contributed by atoms with E-state index >= 15 is 0 Å². The van der Waals surface area contributed by atoms with Gasteiger partial charge in [-0.25, -0.2) is 4.79 Å². The number of methoxy groups -OCH3 is 1. The van der Waals surface area contributed by atoms with Crippen molar-refractivity contribution in [3.05, 3.63) is 65.2 Å². The number of nitrogens with one attached hydrogen (secondary N) is 2. The molecule has 4 nitrogen and oxygen atoms in total. The van der Waals surface area contributed by atoms with Crippen LogP contribution >= 0.6 is 0 Å². The minimum atomic E-state index is -0.143. The highest BCUT2D eigenvalue weighted by Gasteiger charge is 2.08. The molecular formula is C20H26N2O2. The first-order valence-electron chi connectivity index (χ1n) is 8.38. The van der Waals surface area contributed by atoms with Crippen LogP contribution in [0.2, 0.25) is 0 Å². The summed E-state index contributed by atoms with van der Waals surface area (Å²) in [6, 6.07) is 16.1. The molecule has 0 aliphatic rings. The van der Waals surface area contributed by atoms with Crippen LogP contribution in [0.3, 0.4) is 0 Å². The number of ether oxygens (including phenoxy) is 1. The Morgan fingerprint density at radius 2 is 1.67 bits per heavy atom. The van der Waals surface area contributed by atoms with E-state index in [-0.39, 0.29) is 12.1 Å². The van der Waals surface area contributed by atoms with Crippen molar-refractivity contribution in [2.75, 3.05) is 13.7 Å². The molecule has 0 aromatic heterocycles. The molecule has 24 heavy (non-hydrogen) atoms. The van der Waals surface area contributed by atoms with Crippen molar-refractivity contribution in [3.8, 4) is 5.75 Å². The van der Waals surface area contributed by atoms with Crippen LogP contribution in [0.15, 0.2) is 48.5 Å². The highest BCUT2D eigenvalue weighted by atomic mass is 16.5. The molecule has 0 saturated carbocycles. The van der Waals surface area contributed by atoms with Gasteiger partial charge in [-0.05, 0) is 48.6 Å². The summed E-state index contributed by atoms with van der Waals surface area (Å²) in [4.78, 5) is 12.0. The molecule has 4 heteroatoms. The number of amides is 2. The van der Waals surface area contributed by atoms with E-state index in [0.717, 1.165) is 24.2 Å². The second kappa shape index (κ2) is 8.96. The van der Waals surface area contributed by atoms with Crippen LogP contribution in [-0.2, 0) is 12.8 Å². The summed E-state index contributed by atoms with van der Waals surface area (Å²) in [7, 11) is 1.65. The Kier molecular flexibility index (Phi) is 6.67. The van der Waals surface area contributed by atoms with E-state index in [0.29, 0.717) is 6.54 Å². The maximum Gasteiger partial charge on any atom is 0.315 e. The first-order valence-corrected chi connectivity index (χ1v) is 8.38. The van der Waals surface area contributed by atoms with Crippen LogP contribution in [0.1, 0.15) is 36.6 Å². The summed E-state index contributed by atoms with van der Waals surface area (Å²) in [5, 5.41) is 5.87. The fourth-order valence-electron chi connectivity index (χ4n) is 2.49. The number of carbonyl (C=O) groups is 1. The maximum absolute atomic E-state index is 12.0. The van der Waals surface area contributed by atoms with Crippen molar-refractivity contribution in [3.63, 3.8) is 0 Å². The van der Waals surface area contributed by atoms with Crippen LogP contribution in [0.25, 0.3) is 0 Å². The fraction of sp³-hybridized carbons (Fsp3) is 0.350. The van der Waals surface area contributed by atoms with Gasteiger partial charge in [0.2, 0.25) is 0 Å². The average molecular weight is 326 g/mol. The third kappa shape index (κ3) is 5.30. The Morgan fingerprint density at radius 3 is 2.25 bits per heavy atom. The molecular weight excluding hydrogens is 300 g/mol. The van der Waals surface area contributed by atoms with Crippen LogP contribution in [0.4, 0.5) is 4.79 Å². The van der Waals surface area contributed by atoms with Gasteiger partial charge in [-0.2, -0.15) is 0 Å². The predicted molar refractivity (Wildman–Crippen MR) is 97.5 cm³/mol. The Hall–Kier alpha value is -2.49. The van der Waals surface area contributed by atoms with E-state index in [4.69, 9.17) is 4.74 Å².